The molecule has 13 heavy (non-hydrogen) atoms. The zero-order chi connectivity index (χ0) is 9.10. The van der Waals surface area contributed by atoms with Crippen LogP contribution >= 0.6 is 0 Å². The minimum Gasteiger partial charge on any atom is -0.375 e. The fourth-order valence-corrected chi connectivity index (χ4v) is 1.32. The molecule has 0 aliphatic carbocycles. The zero-order valence-electron chi connectivity index (χ0n) is 7.86. The van der Waals surface area contributed by atoms with E-state index in [2.05, 4.69) is 10.4 Å². The van der Waals surface area contributed by atoms with Gasteiger partial charge in [0.25, 0.3) is 0 Å². The molecule has 4 nitrogen and oxygen atoms in total. The van der Waals surface area contributed by atoms with Crippen LogP contribution in [-0.4, -0.2) is 35.6 Å². The van der Waals surface area contributed by atoms with Gasteiger partial charge in [-0.15, -0.1) is 0 Å². The van der Waals surface area contributed by atoms with E-state index in [0.29, 0.717) is 6.10 Å². The molecule has 4 heteroatoms. The number of aromatic nitrogens is 2. The number of ether oxygens (including phenoxy) is 1. The minimum atomic E-state index is 0.441. The lowest BCUT2D eigenvalue weighted by Gasteiger charge is -2.26. The molecular formula is C9H15N3O. The lowest BCUT2D eigenvalue weighted by Crippen LogP contribution is -2.48. The second-order valence-corrected chi connectivity index (χ2v) is 3.42. The zero-order valence-corrected chi connectivity index (χ0v) is 7.86. The lowest BCUT2D eigenvalue weighted by molar-refractivity contribution is 0.0208. The summed E-state index contributed by atoms with van der Waals surface area (Å²) in [4.78, 5) is 0. The van der Waals surface area contributed by atoms with Crippen LogP contribution in [0.15, 0.2) is 12.4 Å². The molecule has 1 N–H and O–H groups in total. The van der Waals surface area contributed by atoms with Gasteiger partial charge in [0.15, 0.2) is 0 Å². The third kappa shape index (κ3) is 2.29. The molecule has 1 aliphatic heterocycles. The van der Waals surface area contributed by atoms with Crippen LogP contribution in [-0.2, 0) is 18.2 Å². The van der Waals surface area contributed by atoms with Crippen molar-refractivity contribution in [3.63, 3.8) is 0 Å². The standard InChI is InChI=1S/C9H15N3O/c1-12-7-8(4-11-12)2-3-13-9-5-10-6-9/h4,7,9-10H,2-3,5-6H2,1H3. The largest absolute Gasteiger partial charge is 0.375 e. The van der Waals surface area contributed by atoms with Crippen molar-refractivity contribution in [3.05, 3.63) is 18.0 Å². The summed E-state index contributed by atoms with van der Waals surface area (Å²) in [7, 11) is 1.93. The molecule has 1 aromatic rings. The first kappa shape index (κ1) is 8.72. The first-order chi connectivity index (χ1) is 6.34. The normalized spacial score (nSPS) is 17.3. The Morgan fingerprint density at radius 3 is 3.08 bits per heavy atom. The average Bonchev–Trinajstić information content (AvgIpc) is 2.42. The number of hydrogen-bond donors (Lipinski definition) is 1. The monoisotopic (exact) mass is 181 g/mol. The van der Waals surface area contributed by atoms with Gasteiger partial charge in [-0.3, -0.25) is 4.68 Å². The summed E-state index contributed by atoms with van der Waals surface area (Å²) in [6, 6.07) is 0. The number of aryl methyl sites for hydroxylation is 1. The summed E-state index contributed by atoms with van der Waals surface area (Å²) in [5.41, 5.74) is 1.25. The van der Waals surface area contributed by atoms with E-state index in [0.717, 1.165) is 26.1 Å². The van der Waals surface area contributed by atoms with Crippen molar-refractivity contribution in [2.24, 2.45) is 7.05 Å². The van der Waals surface area contributed by atoms with Crippen molar-refractivity contribution in [1.82, 2.24) is 15.1 Å². The van der Waals surface area contributed by atoms with Gasteiger partial charge in [0.1, 0.15) is 0 Å². The van der Waals surface area contributed by atoms with E-state index in [-0.39, 0.29) is 0 Å². The summed E-state index contributed by atoms with van der Waals surface area (Å²) in [5.74, 6) is 0. The Balaban J connectivity index is 1.67. The molecule has 1 aliphatic rings. The SMILES string of the molecule is Cn1cc(CCOC2CNC2)cn1. The van der Waals surface area contributed by atoms with E-state index >= 15 is 0 Å². The molecule has 1 fully saturated rings. The van der Waals surface area contributed by atoms with Crippen molar-refractivity contribution >= 4 is 0 Å². The summed E-state index contributed by atoms with van der Waals surface area (Å²) in [5, 5.41) is 7.27. The van der Waals surface area contributed by atoms with E-state index in [1.165, 1.54) is 5.56 Å². The van der Waals surface area contributed by atoms with Crippen LogP contribution < -0.4 is 5.32 Å². The Morgan fingerprint density at radius 1 is 1.69 bits per heavy atom. The Hall–Kier alpha value is -0.870. The van der Waals surface area contributed by atoms with Crippen LogP contribution in [0.25, 0.3) is 0 Å². The molecule has 1 aromatic heterocycles. The summed E-state index contributed by atoms with van der Waals surface area (Å²) < 4.78 is 7.41. The van der Waals surface area contributed by atoms with Gasteiger partial charge < -0.3 is 10.1 Å². The maximum atomic E-state index is 5.59. The highest BCUT2D eigenvalue weighted by molar-refractivity contribution is 5.03. The quantitative estimate of drug-likeness (QED) is 0.708. The number of rotatable bonds is 4. The van der Waals surface area contributed by atoms with Gasteiger partial charge in [-0.25, -0.2) is 0 Å². The number of hydrogen-bond acceptors (Lipinski definition) is 3. The molecule has 0 amide bonds. The Morgan fingerprint density at radius 2 is 2.54 bits per heavy atom. The highest BCUT2D eigenvalue weighted by Crippen LogP contribution is 2.02. The summed E-state index contributed by atoms with van der Waals surface area (Å²) in [6.45, 7) is 2.82. The third-order valence-electron chi connectivity index (χ3n) is 2.25. The van der Waals surface area contributed by atoms with Gasteiger partial charge >= 0.3 is 0 Å². The fourth-order valence-electron chi connectivity index (χ4n) is 1.32. The van der Waals surface area contributed by atoms with E-state index < -0.39 is 0 Å². The molecule has 0 atom stereocenters. The van der Waals surface area contributed by atoms with Gasteiger partial charge in [0.05, 0.1) is 18.9 Å². The van der Waals surface area contributed by atoms with Crippen LogP contribution in [0.5, 0.6) is 0 Å². The van der Waals surface area contributed by atoms with Crippen molar-refractivity contribution in [3.8, 4) is 0 Å². The fraction of sp³-hybridized carbons (Fsp3) is 0.667. The highest BCUT2D eigenvalue weighted by Gasteiger charge is 2.16. The molecule has 0 spiro atoms. The van der Waals surface area contributed by atoms with Crippen LogP contribution in [0.3, 0.4) is 0 Å². The average molecular weight is 181 g/mol. The molecule has 0 radical (unpaired) electrons. The second-order valence-electron chi connectivity index (χ2n) is 3.42. The van der Waals surface area contributed by atoms with Crippen molar-refractivity contribution in [2.75, 3.05) is 19.7 Å². The summed E-state index contributed by atoms with van der Waals surface area (Å²) >= 11 is 0. The maximum absolute atomic E-state index is 5.59. The maximum Gasteiger partial charge on any atom is 0.0823 e. The highest BCUT2D eigenvalue weighted by atomic mass is 16.5. The Kier molecular flexibility index (Phi) is 2.61. The van der Waals surface area contributed by atoms with Crippen molar-refractivity contribution in [1.29, 1.82) is 0 Å². The van der Waals surface area contributed by atoms with Crippen molar-refractivity contribution < 1.29 is 4.74 Å². The van der Waals surface area contributed by atoms with Crippen LogP contribution in [0.4, 0.5) is 0 Å². The number of nitrogens with zero attached hydrogens (tertiary/aromatic N) is 2. The Bertz CT molecular complexity index is 268. The second kappa shape index (κ2) is 3.89. The van der Waals surface area contributed by atoms with Crippen LogP contribution in [0.1, 0.15) is 5.56 Å². The molecular weight excluding hydrogens is 166 g/mol. The van der Waals surface area contributed by atoms with Gasteiger partial charge in [-0.1, -0.05) is 0 Å². The van der Waals surface area contributed by atoms with Crippen LogP contribution in [0, 0.1) is 0 Å². The van der Waals surface area contributed by atoms with E-state index in [1.807, 2.05) is 24.1 Å². The third-order valence-corrected chi connectivity index (χ3v) is 2.25. The predicted molar refractivity (Wildman–Crippen MR) is 49.5 cm³/mol. The first-order valence-corrected chi connectivity index (χ1v) is 4.64. The van der Waals surface area contributed by atoms with Crippen molar-refractivity contribution in [2.45, 2.75) is 12.5 Å². The lowest BCUT2D eigenvalue weighted by atomic mass is 10.2. The summed E-state index contributed by atoms with van der Waals surface area (Å²) in [6.07, 6.45) is 5.33. The van der Waals surface area contributed by atoms with E-state index in [9.17, 15) is 0 Å². The van der Waals surface area contributed by atoms with Gasteiger partial charge in [0.2, 0.25) is 0 Å². The molecule has 0 unspecified atom stereocenters. The minimum absolute atomic E-state index is 0.441. The molecule has 2 rings (SSSR count). The van der Waals surface area contributed by atoms with E-state index in [1.54, 1.807) is 0 Å². The molecule has 1 saturated heterocycles. The van der Waals surface area contributed by atoms with Gasteiger partial charge in [-0.2, -0.15) is 5.10 Å². The molecule has 72 valence electrons. The van der Waals surface area contributed by atoms with E-state index in [4.69, 9.17) is 4.74 Å². The topological polar surface area (TPSA) is 39.1 Å². The van der Waals surface area contributed by atoms with Gasteiger partial charge in [-0.05, 0) is 12.0 Å². The molecule has 0 bridgehead atoms. The number of nitrogens with one attached hydrogen (secondary N) is 1. The van der Waals surface area contributed by atoms with Gasteiger partial charge in [0, 0.05) is 26.3 Å². The first-order valence-electron chi connectivity index (χ1n) is 4.64. The Labute approximate surface area is 77.9 Å². The smallest absolute Gasteiger partial charge is 0.0823 e. The molecule has 0 aromatic carbocycles. The predicted octanol–water partition coefficient (Wildman–Crippen LogP) is -0.0490. The van der Waals surface area contributed by atoms with Crippen LogP contribution in [0.2, 0.25) is 0 Å². The molecule has 2 heterocycles. The molecule has 0 saturated carbocycles.